The summed E-state index contributed by atoms with van der Waals surface area (Å²) in [7, 11) is -3.58. The first-order valence-electron chi connectivity index (χ1n) is 5.58. The molecule has 0 aromatic carbocycles. The zero-order chi connectivity index (χ0) is 13.9. The van der Waals surface area contributed by atoms with Gasteiger partial charge in [-0.15, -0.1) is 11.3 Å². The highest BCUT2D eigenvalue weighted by atomic mass is 32.2. The number of aliphatic carboxylic acids is 1. The quantitative estimate of drug-likeness (QED) is 0.868. The molecule has 0 saturated heterocycles. The number of thiophene rings is 1. The Morgan fingerprint density at radius 1 is 1.44 bits per heavy atom. The summed E-state index contributed by atoms with van der Waals surface area (Å²) in [5.41, 5.74) is 0. The highest BCUT2D eigenvalue weighted by Crippen LogP contribution is 2.27. The first-order chi connectivity index (χ1) is 8.28. The molecule has 0 saturated carbocycles. The maximum Gasteiger partial charge on any atom is 0.304 e. The molecule has 0 aliphatic carbocycles. The van der Waals surface area contributed by atoms with E-state index in [4.69, 9.17) is 5.11 Å². The van der Waals surface area contributed by atoms with Crippen molar-refractivity contribution >= 4 is 27.3 Å². The normalized spacial score (nSPS) is 12.0. The number of aryl methyl sites for hydroxylation is 2. The third kappa shape index (κ3) is 3.30. The molecule has 1 N–H and O–H groups in total. The molecule has 1 aromatic heterocycles. The minimum atomic E-state index is -3.58. The van der Waals surface area contributed by atoms with Gasteiger partial charge in [0.25, 0.3) is 0 Å². The number of carboxylic acid groups (broad SMARTS) is 1. The van der Waals surface area contributed by atoms with Crippen molar-refractivity contribution < 1.29 is 18.3 Å². The minimum absolute atomic E-state index is 0.00248. The van der Waals surface area contributed by atoms with E-state index in [0.29, 0.717) is 0 Å². The van der Waals surface area contributed by atoms with Gasteiger partial charge in [-0.3, -0.25) is 4.79 Å². The SMILES string of the molecule is CCN(CCC(=O)O)S(=O)(=O)c1cc(C)sc1C. The lowest BCUT2D eigenvalue weighted by atomic mass is 10.4. The Balaban J connectivity index is 3.03. The lowest BCUT2D eigenvalue weighted by Gasteiger charge is -2.19. The van der Waals surface area contributed by atoms with E-state index < -0.39 is 16.0 Å². The Morgan fingerprint density at radius 3 is 2.44 bits per heavy atom. The molecular weight excluding hydrogens is 274 g/mol. The zero-order valence-corrected chi connectivity index (χ0v) is 12.3. The fourth-order valence-electron chi connectivity index (χ4n) is 1.67. The molecule has 0 radical (unpaired) electrons. The molecular formula is C11H17NO4S2. The summed E-state index contributed by atoms with van der Waals surface area (Å²) in [6.45, 7) is 5.58. The largest absolute Gasteiger partial charge is 0.481 e. The van der Waals surface area contributed by atoms with Crippen molar-refractivity contribution in [3.05, 3.63) is 15.8 Å². The van der Waals surface area contributed by atoms with Crippen LogP contribution in [0.3, 0.4) is 0 Å². The number of carbonyl (C=O) groups is 1. The Kier molecular flexibility index (Phi) is 4.89. The molecule has 18 heavy (non-hydrogen) atoms. The summed E-state index contributed by atoms with van der Waals surface area (Å²) < 4.78 is 25.9. The first kappa shape index (κ1) is 15.1. The monoisotopic (exact) mass is 291 g/mol. The fourth-order valence-corrected chi connectivity index (χ4v) is 4.64. The molecule has 0 atom stereocenters. The van der Waals surface area contributed by atoms with E-state index in [-0.39, 0.29) is 24.4 Å². The van der Waals surface area contributed by atoms with Crippen LogP contribution >= 0.6 is 11.3 Å². The second-order valence-corrected chi connectivity index (χ2v) is 7.28. The van der Waals surface area contributed by atoms with Crippen LogP contribution in [-0.2, 0) is 14.8 Å². The molecule has 102 valence electrons. The molecule has 0 spiro atoms. The Morgan fingerprint density at radius 2 is 2.06 bits per heavy atom. The van der Waals surface area contributed by atoms with Gasteiger partial charge in [0.1, 0.15) is 0 Å². The molecule has 5 nitrogen and oxygen atoms in total. The van der Waals surface area contributed by atoms with Gasteiger partial charge >= 0.3 is 5.97 Å². The standard InChI is InChI=1S/C11H17NO4S2/c1-4-12(6-5-11(13)14)18(15,16)10-7-8(2)17-9(10)3/h7H,4-6H2,1-3H3,(H,13,14). The van der Waals surface area contributed by atoms with Crippen molar-refractivity contribution in [1.82, 2.24) is 4.31 Å². The fraction of sp³-hybridized carbons (Fsp3) is 0.545. The van der Waals surface area contributed by atoms with Crippen molar-refractivity contribution in [2.75, 3.05) is 13.1 Å². The molecule has 0 unspecified atom stereocenters. The number of hydrogen-bond acceptors (Lipinski definition) is 4. The maximum absolute atomic E-state index is 12.3. The lowest BCUT2D eigenvalue weighted by Crippen LogP contribution is -2.33. The summed E-state index contributed by atoms with van der Waals surface area (Å²) in [5.74, 6) is -0.998. The van der Waals surface area contributed by atoms with Gasteiger partial charge in [0.05, 0.1) is 11.3 Å². The van der Waals surface area contributed by atoms with Crippen molar-refractivity contribution in [1.29, 1.82) is 0 Å². The van der Waals surface area contributed by atoms with Gasteiger partial charge in [0.15, 0.2) is 0 Å². The third-order valence-electron chi connectivity index (χ3n) is 2.54. The van der Waals surface area contributed by atoms with E-state index >= 15 is 0 Å². The van der Waals surface area contributed by atoms with E-state index in [1.165, 1.54) is 15.6 Å². The van der Waals surface area contributed by atoms with Crippen LogP contribution in [0.15, 0.2) is 11.0 Å². The lowest BCUT2D eigenvalue weighted by molar-refractivity contribution is -0.137. The van der Waals surface area contributed by atoms with Crippen molar-refractivity contribution in [3.8, 4) is 0 Å². The minimum Gasteiger partial charge on any atom is -0.481 e. The average molecular weight is 291 g/mol. The molecule has 0 aliphatic rings. The Labute approximate surface area is 111 Å². The smallest absolute Gasteiger partial charge is 0.304 e. The van der Waals surface area contributed by atoms with Crippen molar-refractivity contribution in [2.24, 2.45) is 0 Å². The van der Waals surface area contributed by atoms with Gasteiger partial charge in [-0.05, 0) is 19.9 Å². The van der Waals surface area contributed by atoms with Gasteiger partial charge < -0.3 is 5.11 Å². The second-order valence-electron chi connectivity index (χ2n) is 3.92. The van der Waals surface area contributed by atoms with Crippen LogP contribution in [0.25, 0.3) is 0 Å². The van der Waals surface area contributed by atoms with Gasteiger partial charge in [-0.1, -0.05) is 6.92 Å². The summed E-state index contributed by atoms with van der Waals surface area (Å²) in [5, 5.41) is 8.63. The van der Waals surface area contributed by atoms with Crippen LogP contribution in [-0.4, -0.2) is 36.9 Å². The number of sulfonamides is 1. The summed E-state index contributed by atoms with van der Waals surface area (Å²) >= 11 is 1.43. The van der Waals surface area contributed by atoms with Crippen molar-refractivity contribution in [3.63, 3.8) is 0 Å². The zero-order valence-electron chi connectivity index (χ0n) is 10.6. The molecule has 7 heteroatoms. The van der Waals surface area contributed by atoms with Crippen LogP contribution in [0.5, 0.6) is 0 Å². The van der Waals surface area contributed by atoms with E-state index in [0.717, 1.165) is 9.75 Å². The Hall–Kier alpha value is -0.920. The van der Waals surface area contributed by atoms with Crippen LogP contribution < -0.4 is 0 Å². The summed E-state index contributed by atoms with van der Waals surface area (Å²) in [4.78, 5) is 12.5. The molecule has 0 aliphatic heterocycles. The average Bonchev–Trinajstić information content (AvgIpc) is 2.58. The predicted molar refractivity (Wildman–Crippen MR) is 70.5 cm³/mol. The van der Waals surface area contributed by atoms with E-state index in [1.54, 1.807) is 19.9 Å². The summed E-state index contributed by atoms with van der Waals surface area (Å²) in [6, 6.07) is 1.64. The molecule has 1 rings (SSSR count). The van der Waals surface area contributed by atoms with E-state index in [9.17, 15) is 13.2 Å². The molecule has 0 amide bonds. The number of hydrogen-bond donors (Lipinski definition) is 1. The topological polar surface area (TPSA) is 74.7 Å². The molecule has 1 aromatic rings. The maximum atomic E-state index is 12.3. The van der Waals surface area contributed by atoms with Gasteiger partial charge in [-0.25, -0.2) is 8.42 Å². The number of nitrogens with zero attached hydrogens (tertiary/aromatic N) is 1. The Bertz CT molecular complexity index is 533. The van der Waals surface area contributed by atoms with E-state index in [2.05, 4.69) is 0 Å². The van der Waals surface area contributed by atoms with Crippen LogP contribution in [0, 0.1) is 13.8 Å². The van der Waals surface area contributed by atoms with Gasteiger partial charge in [-0.2, -0.15) is 4.31 Å². The van der Waals surface area contributed by atoms with Crippen LogP contribution in [0.4, 0.5) is 0 Å². The number of rotatable bonds is 6. The van der Waals surface area contributed by atoms with E-state index in [1.807, 2.05) is 6.92 Å². The number of carboxylic acids is 1. The highest BCUT2D eigenvalue weighted by Gasteiger charge is 2.26. The van der Waals surface area contributed by atoms with Crippen LogP contribution in [0.2, 0.25) is 0 Å². The van der Waals surface area contributed by atoms with Gasteiger partial charge in [0, 0.05) is 22.8 Å². The first-order valence-corrected chi connectivity index (χ1v) is 7.83. The second kappa shape index (κ2) is 5.81. The van der Waals surface area contributed by atoms with Crippen LogP contribution in [0.1, 0.15) is 23.1 Å². The van der Waals surface area contributed by atoms with Crippen molar-refractivity contribution in [2.45, 2.75) is 32.1 Å². The molecule has 1 heterocycles. The predicted octanol–water partition coefficient (Wildman–Crippen LogP) is 1.85. The third-order valence-corrected chi connectivity index (χ3v) is 5.74. The molecule has 0 fully saturated rings. The summed E-state index contributed by atoms with van der Waals surface area (Å²) in [6.07, 6.45) is -0.185. The highest BCUT2D eigenvalue weighted by molar-refractivity contribution is 7.89. The van der Waals surface area contributed by atoms with Gasteiger partial charge in [0.2, 0.25) is 10.0 Å². The molecule has 0 bridgehead atoms.